The quantitative estimate of drug-likeness (QED) is 0.198. The normalized spacial score (nSPS) is 21.0. The molecule has 0 bridgehead atoms. The zero-order valence-electron chi connectivity index (χ0n) is 27.7. The van der Waals surface area contributed by atoms with Gasteiger partial charge in [-0.1, -0.05) is 11.2 Å². The number of nitrogen functional groups attached to an aromatic ring is 1. The van der Waals surface area contributed by atoms with E-state index in [4.69, 9.17) is 29.7 Å². The lowest BCUT2D eigenvalue weighted by Crippen LogP contribution is -2.38. The Morgan fingerprint density at radius 3 is 2.83 bits per heavy atom. The molecule has 250 valence electrons. The van der Waals surface area contributed by atoms with E-state index < -0.39 is 5.41 Å². The number of anilines is 1. The Balaban J connectivity index is 1.30. The fourth-order valence-electron chi connectivity index (χ4n) is 7.92. The first-order valence-electron chi connectivity index (χ1n) is 16.7. The van der Waals surface area contributed by atoms with Crippen molar-refractivity contribution in [2.45, 2.75) is 75.9 Å². The van der Waals surface area contributed by atoms with Crippen LogP contribution in [0, 0.1) is 11.3 Å². The molecule has 0 radical (unpaired) electrons. The number of ether oxygens (including phenoxy) is 2. The number of rotatable bonds is 9. The minimum atomic E-state index is -0.502. The van der Waals surface area contributed by atoms with Gasteiger partial charge in [0, 0.05) is 43.2 Å². The van der Waals surface area contributed by atoms with E-state index >= 15 is 0 Å². The molecule has 1 aliphatic heterocycles. The predicted octanol–water partition coefficient (Wildman–Crippen LogP) is 3.97. The minimum absolute atomic E-state index is 0.129. The molecule has 7 rings (SSSR count). The van der Waals surface area contributed by atoms with Crippen molar-refractivity contribution in [3.8, 4) is 29.3 Å². The summed E-state index contributed by atoms with van der Waals surface area (Å²) in [7, 11) is 3.70. The lowest BCUT2D eigenvalue weighted by atomic mass is 9.61. The van der Waals surface area contributed by atoms with Gasteiger partial charge >= 0.3 is 0 Å². The molecule has 4 heterocycles. The summed E-state index contributed by atoms with van der Waals surface area (Å²) >= 11 is 0. The van der Waals surface area contributed by atoms with E-state index in [2.05, 4.69) is 40.5 Å². The summed E-state index contributed by atoms with van der Waals surface area (Å²) in [4.78, 5) is 24.8. The van der Waals surface area contributed by atoms with Crippen LogP contribution in [0.25, 0.3) is 17.3 Å². The number of benzene rings is 1. The van der Waals surface area contributed by atoms with E-state index in [0.717, 1.165) is 80.4 Å². The van der Waals surface area contributed by atoms with Crippen LogP contribution in [0.5, 0.6) is 5.88 Å². The number of nitriles is 1. The highest BCUT2D eigenvalue weighted by Crippen LogP contribution is 2.53. The monoisotopic (exact) mass is 651 g/mol. The van der Waals surface area contributed by atoms with Gasteiger partial charge in [-0.3, -0.25) is 9.69 Å². The van der Waals surface area contributed by atoms with E-state index in [9.17, 15) is 10.1 Å². The molecular formula is C35H41N9O4. The van der Waals surface area contributed by atoms with Crippen molar-refractivity contribution in [3.05, 3.63) is 64.2 Å². The van der Waals surface area contributed by atoms with Crippen molar-refractivity contribution in [3.63, 3.8) is 0 Å². The molecule has 3 atom stereocenters. The molecule has 3 aliphatic rings. The van der Waals surface area contributed by atoms with Gasteiger partial charge in [-0.15, -0.1) is 0 Å². The maximum atomic E-state index is 12.7. The van der Waals surface area contributed by atoms with E-state index in [1.807, 2.05) is 12.1 Å². The highest BCUT2D eigenvalue weighted by Gasteiger charge is 2.48. The average molecular weight is 652 g/mol. The summed E-state index contributed by atoms with van der Waals surface area (Å²) in [6.07, 6.45) is 8.87. The number of likely N-dealkylation sites (N-methyl/N-ethyl adjacent to an activating group) is 1. The van der Waals surface area contributed by atoms with Crippen molar-refractivity contribution in [2.24, 2.45) is 0 Å². The molecule has 3 N–H and O–H groups in total. The first-order valence-corrected chi connectivity index (χ1v) is 16.7. The third-order valence-corrected chi connectivity index (χ3v) is 10.2. The SMILES string of the molecule is COCCNC(=O)c1ccn(-c2cc(OC(C)C3CCCN3C)nc(-c3noc4c3CCCC43CCCc4ccc(N)c(C#N)c43)n2)n1. The Kier molecular flexibility index (Phi) is 8.61. The number of carbonyl (C=O) groups is 1. The summed E-state index contributed by atoms with van der Waals surface area (Å²) in [6.45, 7) is 3.86. The van der Waals surface area contributed by atoms with Crippen LogP contribution in [0.2, 0.25) is 0 Å². The van der Waals surface area contributed by atoms with Crippen LogP contribution in [0.4, 0.5) is 5.69 Å². The second-order valence-electron chi connectivity index (χ2n) is 13.1. The Hall–Kier alpha value is -4.80. The topological polar surface area (TPSA) is 170 Å². The van der Waals surface area contributed by atoms with E-state index in [0.29, 0.717) is 47.6 Å². The second kappa shape index (κ2) is 13.0. The Bertz CT molecular complexity index is 1870. The number of nitrogens with zero attached hydrogens (tertiary/aromatic N) is 7. The van der Waals surface area contributed by atoms with Gasteiger partial charge < -0.3 is 25.0 Å². The molecule has 1 spiro atoms. The number of likely N-dealkylation sites (tertiary alicyclic amines) is 1. The van der Waals surface area contributed by atoms with Gasteiger partial charge in [0.15, 0.2) is 28.8 Å². The zero-order valence-corrected chi connectivity index (χ0v) is 27.7. The van der Waals surface area contributed by atoms with Gasteiger partial charge in [0.2, 0.25) is 5.88 Å². The highest BCUT2D eigenvalue weighted by molar-refractivity contribution is 5.92. The number of amides is 1. The fourth-order valence-corrected chi connectivity index (χ4v) is 7.92. The molecule has 1 amide bonds. The molecule has 1 aromatic carbocycles. The van der Waals surface area contributed by atoms with E-state index in [-0.39, 0.29) is 23.7 Å². The largest absolute Gasteiger partial charge is 0.473 e. The summed E-state index contributed by atoms with van der Waals surface area (Å²) in [6, 6.07) is 9.91. The number of nitrogens with one attached hydrogen (secondary N) is 1. The molecule has 1 fully saturated rings. The molecular weight excluding hydrogens is 610 g/mol. The molecule has 13 nitrogen and oxygen atoms in total. The van der Waals surface area contributed by atoms with Gasteiger partial charge in [0.25, 0.3) is 5.91 Å². The Morgan fingerprint density at radius 2 is 2.06 bits per heavy atom. The van der Waals surface area contributed by atoms with Crippen LogP contribution in [0.1, 0.15) is 84.0 Å². The predicted molar refractivity (Wildman–Crippen MR) is 177 cm³/mol. The third kappa shape index (κ3) is 5.58. The number of nitrogens with two attached hydrogens (primary N) is 1. The number of methoxy groups -OCH3 is 1. The van der Waals surface area contributed by atoms with Crippen LogP contribution in [0.15, 0.2) is 35.0 Å². The van der Waals surface area contributed by atoms with E-state index in [1.54, 1.807) is 30.1 Å². The average Bonchev–Trinajstić information content (AvgIpc) is 3.86. The minimum Gasteiger partial charge on any atom is -0.473 e. The van der Waals surface area contributed by atoms with Gasteiger partial charge in [-0.2, -0.15) is 15.3 Å². The third-order valence-electron chi connectivity index (χ3n) is 10.2. The first kappa shape index (κ1) is 31.8. The molecule has 4 aromatic rings. The van der Waals surface area contributed by atoms with Crippen molar-refractivity contribution in [1.29, 1.82) is 5.26 Å². The number of fused-ring (bicyclic) bond motifs is 4. The van der Waals surface area contributed by atoms with Crippen LogP contribution in [-0.4, -0.2) is 81.7 Å². The maximum absolute atomic E-state index is 12.7. The standard InChI is InChI=1S/C35H41N9O4/c1-21(27-9-6-16-43(27)2)47-29-19-28(44-17-12-26(41-44)34(45)38-15-18-46-3)39-33(40-29)31-23-8-5-14-35(32(23)48-42-31)13-4-7-22-10-11-25(37)24(20-36)30(22)35/h10-12,17,19,21,27H,4-9,13-16,18,37H2,1-3H3,(H,38,45). The van der Waals surface area contributed by atoms with Crippen molar-refractivity contribution in [2.75, 3.05) is 39.6 Å². The first-order chi connectivity index (χ1) is 23.3. The van der Waals surface area contributed by atoms with Crippen molar-refractivity contribution in [1.82, 2.24) is 35.1 Å². The molecule has 13 heteroatoms. The number of aryl methyl sites for hydroxylation is 1. The van der Waals surface area contributed by atoms with Crippen molar-refractivity contribution >= 4 is 11.6 Å². The van der Waals surface area contributed by atoms with Crippen LogP contribution in [0.3, 0.4) is 0 Å². The van der Waals surface area contributed by atoms with Gasteiger partial charge in [-0.05, 0) is 95.1 Å². The van der Waals surface area contributed by atoms with Crippen LogP contribution in [-0.2, 0) is 23.0 Å². The number of carbonyl (C=O) groups excluding carboxylic acids is 1. The molecule has 2 aliphatic carbocycles. The zero-order chi connectivity index (χ0) is 33.4. The summed E-state index contributed by atoms with van der Waals surface area (Å²) < 4.78 is 19.3. The number of hydrogen-bond acceptors (Lipinski definition) is 11. The number of aromatic nitrogens is 5. The fraction of sp³-hybridized carbons (Fsp3) is 0.486. The van der Waals surface area contributed by atoms with Gasteiger partial charge in [0.05, 0.1) is 17.6 Å². The highest BCUT2D eigenvalue weighted by atomic mass is 16.5. The Labute approximate surface area is 279 Å². The lowest BCUT2D eigenvalue weighted by Gasteiger charge is -2.41. The summed E-state index contributed by atoms with van der Waals surface area (Å²) in [5, 5.41) is 22.1. The van der Waals surface area contributed by atoms with Gasteiger partial charge in [-0.25, -0.2) is 9.67 Å². The maximum Gasteiger partial charge on any atom is 0.271 e. The van der Waals surface area contributed by atoms with Crippen LogP contribution >= 0.6 is 0 Å². The molecule has 3 aromatic heterocycles. The molecule has 0 saturated carbocycles. The van der Waals surface area contributed by atoms with E-state index in [1.165, 1.54) is 0 Å². The Morgan fingerprint density at radius 1 is 1.23 bits per heavy atom. The smallest absolute Gasteiger partial charge is 0.271 e. The van der Waals surface area contributed by atoms with Crippen molar-refractivity contribution < 1.29 is 18.8 Å². The summed E-state index contributed by atoms with van der Waals surface area (Å²) in [5.74, 6) is 1.62. The molecule has 1 saturated heterocycles. The molecule has 3 unspecified atom stereocenters. The number of hydrogen-bond donors (Lipinski definition) is 2. The second-order valence-corrected chi connectivity index (χ2v) is 13.1. The van der Waals surface area contributed by atoms with Crippen LogP contribution < -0.4 is 15.8 Å². The molecule has 48 heavy (non-hydrogen) atoms. The van der Waals surface area contributed by atoms with Gasteiger partial charge in [0.1, 0.15) is 12.2 Å². The summed E-state index contributed by atoms with van der Waals surface area (Å²) in [5.41, 5.74) is 10.7. The lowest BCUT2D eigenvalue weighted by molar-refractivity contribution is 0.0931.